The minimum absolute atomic E-state index is 0.530. The van der Waals surface area contributed by atoms with Gasteiger partial charge in [0.05, 0.1) is 6.04 Å². The van der Waals surface area contributed by atoms with Crippen molar-refractivity contribution in [2.75, 3.05) is 18.8 Å². The van der Waals surface area contributed by atoms with Gasteiger partial charge in [-0.05, 0) is 0 Å². The molecule has 3 N–H and O–H groups in total. The zero-order valence-electron chi connectivity index (χ0n) is 5.62. The van der Waals surface area contributed by atoms with Crippen molar-refractivity contribution in [2.45, 2.75) is 6.04 Å². The Morgan fingerprint density at radius 2 is 2.50 bits per heavy atom. The van der Waals surface area contributed by atoms with E-state index in [-0.39, 0.29) is 0 Å². The van der Waals surface area contributed by atoms with Gasteiger partial charge in [-0.1, -0.05) is 0 Å². The van der Waals surface area contributed by atoms with Crippen LogP contribution in [0.2, 0.25) is 0 Å². The molecule has 1 aromatic rings. The number of anilines is 1. The maximum Gasteiger partial charge on any atom is 0.200 e. The Labute approximate surface area is 59.0 Å². The predicted octanol–water partition coefficient (Wildman–Crippen LogP) is -0.390. The molecule has 0 radical (unpaired) electrons. The van der Waals surface area contributed by atoms with Crippen LogP contribution in [0.1, 0.15) is 6.04 Å². The number of aromatic nitrogens is 2. The molecular weight excluding hydrogens is 128 g/mol. The fourth-order valence-electron chi connectivity index (χ4n) is 1.10. The van der Waals surface area contributed by atoms with Crippen molar-refractivity contribution in [3.05, 3.63) is 12.4 Å². The van der Waals surface area contributed by atoms with Gasteiger partial charge in [0.1, 0.15) is 0 Å². The van der Waals surface area contributed by atoms with E-state index in [0.717, 1.165) is 13.1 Å². The van der Waals surface area contributed by atoms with E-state index in [1.54, 1.807) is 6.20 Å². The Hall–Kier alpha value is -1.03. The van der Waals surface area contributed by atoms with Gasteiger partial charge in [-0.15, -0.1) is 0 Å². The van der Waals surface area contributed by atoms with Crippen LogP contribution >= 0.6 is 0 Å². The standard InChI is InChI=1S/C6H10N4/c7-6-9-1-2-10(6)5-3-8-4-5/h1-2,5,8H,3-4H2,(H2,7,9). The van der Waals surface area contributed by atoms with E-state index in [1.165, 1.54) is 0 Å². The van der Waals surface area contributed by atoms with Gasteiger partial charge in [0, 0.05) is 25.5 Å². The van der Waals surface area contributed by atoms with E-state index in [9.17, 15) is 0 Å². The van der Waals surface area contributed by atoms with E-state index in [4.69, 9.17) is 5.73 Å². The second-order valence-corrected chi connectivity index (χ2v) is 2.50. The van der Waals surface area contributed by atoms with Gasteiger partial charge < -0.3 is 15.6 Å². The highest BCUT2D eigenvalue weighted by Gasteiger charge is 2.19. The summed E-state index contributed by atoms with van der Waals surface area (Å²) in [4.78, 5) is 3.93. The highest BCUT2D eigenvalue weighted by molar-refractivity contribution is 5.19. The number of imidazole rings is 1. The Morgan fingerprint density at radius 3 is 2.90 bits per heavy atom. The average Bonchev–Trinajstić information content (AvgIpc) is 2.12. The van der Waals surface area contributed by atoms with Gasteiger partial charge >= 0.3 is 0 Å². The largest absolute Gasteiger partial charge is 0.369 e. The first kappa shape index (κ1) is 5.73. The zero-order valence-corrected chi connectivity index (χ0v) is 5.62. The van der Waals surface area contributed by atoms with Gasteiger partial charge in [0.2, 0.25) is 0 Å². The Balaban J connectivity index is 2.23. The monoisotopic (exact) mass is 138 g/mol. The van der Waals surface area contributed by atoms with Crippen molar-refractivity contribution >= 4 is 5.95 Å². The van der Waals surface area contributed by atoms with Crippen LogP contribution < -0.4 is 11.1 Å². The lowest BCUT2D eigenvalue weighted by molar-refractivity contribution is 0.347. The van der Waals surface area contributed by atoms with Crippen molar-refractivity contribution < 1.29 is 0 Å². The summed E-state index contributed by atoms with van der Waals surface area (Å²) >= 11 is 0. The van der Waals surface area contributed by atoms with Crippen LogP contribution in [0.5, 0.6) is 0 Å². The van der Waals surface area contributed by atoms with E-state index in [1.807, 2.05) is 10.8 Å². The molecule has 0 amide bonds. The molecular formula is C6H10N4. The van der Waals surface area contributed by atoms with E-state index in [2.05, 4.69) is 10.3 Å². The molecule has 2 rings (SSSR count). The number of nitrogens with two attached hydrogens (primary N) is 1. The molecule has 0 aromatic carbocycles. The summed E-state index contributed by atoms with van der Waals surface area (Å²) in [5.41, 5.74) is 5.58. The van der Waals surface area contributed by atoms with Crippen LogP contribution in [0.4, 0.5) is 5.95 Å². The third-order valence-electron chi connectivity index (χ3n) is 1.85. The maximum atomic E-state index is 5.58. The molecule has 1 aliphatic rings. The highest BCUT2D eigenvalue weighted by Crippen LogP contribution is 2.14. The molecule has 2 heterocycles. The molecule has 0 saturated carbocycles. The second-order valence-electron chi connectivity index (χ2n) is 2.50. The van der Waals surface area contributed by atoms with Crippen LogP contribution in [0.3, 0.4) is 0 Å². The third-order valence-corrected chi connectivity index (χ3v) is 1.85. The average molecular weight is 138 g/mol. The first-order valence-corrected chi connectivity index (χ1v) is 3.37. The van der Waals surface area contributed by atoms with Gasteiger partial charge in [0.15, 0.2) is 5.95 Å². The summed E-state index contributed by atoms with van der Waals surface area (Å²) in [5, 5.41) is 3.17. The second kappa shape index (κ2) is 1.98. The molecule has 0 bridgehead atoms. The molecule has 0 aliphatic carbocycles. The van der Waals surface area contributed by atoms with Crippen molar-refractivity contribution in [1.82, 2.24) is 14.9 Å². The van der Waals surface area contributed by atoms with Gasteiger partial charge in [-0.2, -0.15) is 0 Å². The maximum absolute atomic E-state index is 5.58. The van der Waals surface area contributed by atoms with Crippen molar-refractivity contribution in [3.63, 3.8) is 0 Å². The van der Waals surface area contributed by atoms with Crippen molar-refractivity contribution in [3.8, 4) is 0 Å². The van der Waals surface area contributed by atoms with Crippen LogP contribution in [0.25, 0.3) is 0 Å². The van der Waals surface area contributed by atoms with E-state index in [0.29, 0.717) is 12.0 Å². The highest BCUT2D eigenvalue weighted by atomic mass is 15.2. The summed E-state index contributed by atoms with van der Waals surface area (Å²) in [6.07, 6.45) is 3.65. The Morgan fingerprint density at radius 1 is 1.70 bits per heavy atom. The van der Waals surface area contributed by atoms with E-state index < -0.39 is 0 Å². The van der Waals surface area contributed by atoms with Gasteiger partial charge in [-0.3, -0.25) is 0 Å². The number of nitrogen functional groups attached to an aromatic ring is 1. The minimum atomic E-state index is 0.530. The fraction of sp³-hybridized carbons (Fsp3) is 0.500. The quantitative estimate of drug-likeness (QED) is 0.555. The molecule has 4 heteroatoms. The number of hydrogen-bond acceptors (Lipinski definition) is 3. The third kappa shape index (κ3) is 0.690. The van der Waals surface area contributed by atoms with Gasteiger partial charge in [0.25, 0.3) is 0 Å². The lowest BCUT2D eigenvalue weighted by Gasteiger charge is -2.28. The van der Waals surface area contributed by atoms with Crippen LogP contribution in [0.15, 0.2) is 12.4 Å². The first-order valence-electron chi connectivity index (χ1n) is 3.37. The summed E-state index contributed by atoms with van der Waals surface area (Å²) in [5.74, 6) is 0.617. The molecule has 54 valence electrons. The molecule has 0 unspecified atom stereocenters. The fourth-order valence-corrected chi connectivity index (χ4v) is 1.10. The zero-order chi connectivity index (χ0) is 6.97. The first-order chi connectivity index (χ1) is 4.88. The van der Waals surface area contributed by atoms with Crippen molar-refractivity contribution in [1.29, 1.82) is 0 Å². The molecule has 1 fully saturated rings. The summed E-state index contributed by atoms with van der Waals surface area (Å²) in [6, 6.07) is 0.530. The minimum Gasteiger partial charge on any atom is -0.369 e. The van der Waals surface area contributed by atoms with Gasteiger partial charge in [-0.25, -0.2) is 4.98 Å². The molecule has 1 aromatic heterocycles. The Bertz CT molecular complexity index is 225. The smallest absolute Gasteiger partial charge is 0.200 e. The molecule has 10 heavy (non-hydrogen) atoms. The topological polar surface area (TPSA) is 55.9 Å². The van der Waals surface area contributed by atoms with Crippen LogP contribution in [0, 0.1) is 0 Å². The lowest BCUT2D eigenvalue weighted by Crippen LogP contribution is -2.43. The summed E-state index contributed by atoms with van der Waals surface area (Å²) < 4.78 is 2.00. The number of nitrogens with one attached hydrogen (secondary N) is 1. The Kier molecular flexibility index (Phi) is 1.14. The molecule has 1 aliphatic heterocycles. The molecule has 1 saturated heterocycles. The van der Waals surface area contributed by atoms with Crippen molar-refractivity contribution in [2.24, 2.45) is 0 Å². The molecule has 4 nitrogen and oxygen atoms in total. The summed E-state index contributed by atoms with van der Waals surface area (Å²) in [7, 11) is 0. The SMILES string of the molecule is Nc1nccn1C1CNC1. The lowest BCUT2D eigenvalue weighted by atomic mass is 10.2. The molecule has 0 atom stereocenters. The predicted molar refractivity (Wildman–Crippen MR) is 38.5 cm³/mol. The number of rotatable bonds is 1. The summed E-state index contributed by atoms with van der Waals surface area (Å²) in [6.45, 7) is 2.03. The number of nitrogens with zero attached hydrogens (tertiary/aromatic N) is 2. The normalized spacial score (nSPS) is 18.8. The van der Waals surface area contributed by atoms with E-state index >= 15 is 0 Å². The molecule has 0 spiro atoms. The van der Waals surface area contributed by atoms with Crippen LogP contribution in [-0.2, 0) is 0 Å². The van der Waals surface area contributed by atoms with Crippen LogP contribution in [-0.4, -0.2) is 22.6 Å². The number of hydrogen-bond donors (Lipinski definition) is 2.